The molecule has 0 spiro atoms. The normalized spacial score (nSPS) is 28.3. The molecule has 1 aliphatic heterocycles. The second-order valence-electron chi connectivity index (χ2n) is 7.03. The van der Waals surface area contributed by atoms with E-state index in [1.165, 1.54) is 0 Å². The molecule has 148 valence electrons. The summed E-state index contributed by atoms with van der Waals surface area (Å²) in [4.78, 5) is 2.87. The van der Waals surface area contributed by atoms with Crippen LogP contribution in [0.3, 0.4) is 0 Å². The third-order valence-corrected chi connectivity index (χ3v) is 6.70. The number of sulfone groups is 1. The summed E-state index contributed by atoms with van der Waals surface area (Å²) < 4.78 is 37.7. The van der Waals surface area contributed by atoms with Crippen molar-refractivity contribution in [2.24, 2.45) is 11.0 Å². The lowest BCUT2D eigenvalue weighted by molar-refractivity contribution is -0.141. The van der Waals surface area contributed by atoms with Crippen molar-refractivity contribution in [3.63, 3.8) is 0 Å². The number of rotatable bonds is 8. The van der Waals surface area contributed by atoms with Gasteiger partial charge in [-0.15, -0.1) is 0 Å². The van der Waals surface area contributed by atoms with Gasteiger partial charge in [0.05, 0.1) is 24.6 Å². The first-order valence-corrected chi connectivity index (χ1v) is 10.7. The highest BCUT2D eigenvalue weighted by Gasteiger charge is 2.48. The summed E-state index contributed by atoms with van der Waals surface area (Å²) in [5.74, 6) is -0.337. The Morgan fingerprint density at radius 3 is 2.59 bits per heavy atom. The lowest BCUT2D eigenvalue weighted by Crippen LogP contribution is -2.56. The summed E-state index contributed by atoms with van der Waals surface area (Å²) in [6.07, 6.45) is -0.237. The summed E-state index contributed by atoms with van der Waals surface area (Å²) in [6.45, 7) is 9.51. The third kappa shape index (κ3) is 5.32. The number of benzene rings is 1. The van der Waals surface area contributed by atoms with Crippen molar-refractivity contribution in [1.82, 2.24) is 0 Å². The minimum atomic E-state index is -3.70. The molecule has 0 bridgehead atoms. The Labute approximate surface area is 160 Å². The van der Waals surface area contributed by atoms with Crippen LogP contribution in [-0.2, 0) is 25.9 Å². The van der Waals surface area contributed by atoms with E-state index in [2.05, 4.69) is 16.6 Å². The van der Waals surface area contributed by atoms with E-state index in [0.717, 1.165) is 5.56 Å². The molecular formula is C19H27N3O4S. The van der Waals surface area contributed by atoms with Gasteiger partial charge in [0.2, 0.25) is 0 Å². The number of ether oxygens (including phenoxy) is 2. The van der Waals surface area contributed by atoms with Crippen LogP contribution in [0.4, 0.5) is 0 Å². The highest BCUT2D eigenvalue weighted by atomic mass is 32.2. The SMILES string of the molecule is C=C(C)CS(=O)(=O)C1O[C@H](CC)[C@@H](C)[C@H](OCc2ccccc2)[C@H]1N=[N+]=[N-]. The Kier molecular flexibility index (Phi) is 7.44. The smallest absolute Gasteiger partial charge is 0.181 e. The molecule has 0 radical (unpaired) electrons. The fraction of sp³-hybridized carbons (Fsp3) is 0.579. The molecule has 0 amide bonds. The van der Waals surface area contributed by atoms with Gasteiger partial charge in [-0.05, 0) is 24.4 Å². The molecule has 2 rings (SSSR count). The van der Waals surface area contributed by atoms with Crippen LogP contribution >= 0.6 is 0 Å². The molecule has 1 fully saturated rings. The van der Waals surface area contributed by atoms with Crippen molar-refractivity contribution in [2.45, 2.75) is 57.5 Å². The molecule has 0 N–H and O–H groups in total. The van der Waals surface area contributed by atoms with Crippen molar-refractivity contribution in [3.05, 3.63) is 58.5 Å². The van der Waals surface area contributed by atoms with Gasteiger partial charge >= 0.3 is 0 Å². The highest BCUT2D eigenvalue weighted by molar-refractivity contribution is 7.92. The molecule has 8 heteroatoms. The van der Waals surface area contributed by atoms with Crippen LogP contribution in [0.1, 0.15) is 32.8 Å². The van der Waals surface area contributed by atoms with Crippen LogP contribution in [0.5, 0.6) is 0 Å². The topological polar surface area (TPSA) is 101 Å². The Morgan fingerprint density at radius 1 is 1.37 bits per heavy atom. The molecular weight excluding hydrogens is 366 g/mol. The van der Waals surface area contributed by atoms with Gasteiger partial charge in [-0.25, -0.2) is 8.42 Å². The Balaban J connectivity index is 2.34. The maximum absolute atomic E-state index is 12.8. The lowest BCUT2D eigenvalue weighted by atomic mass is 9.88. The minimum absolute atomic E-state index is 0.120. The molecule has 7 nitrogen and oxygen atoms in total. The maximum atomic E-state index is 12.8. The summed E-state index contributed by atoms with van der Waals surface area (Å²) in [5.41, 5.74) is 9.26. The number of azide groups is 1. The zero-order valence-corrected chi connectivity index (χ0v) is 16.8. The Bertz CT molecular complexity index is 790. The van der Waals surface area contributed by atoms with E-state index in [1.807, 2.05) is 44.2 Å². The van der Waals surface area contributed by atoms with E-state index >= 15 is 0 Å². The van der Waals surface area contributed by atoms with Gasteiger partial charge in [0.25, 0.3) is 0 Å². The molecule has 1 aromatic carbocycles. The van der Waals surface area contributed by atoms with Crippen LogP contribution in [0.15, 0.2) is 47.6 Å². The van der Waals surface area contributed by atoms with E-state index in [4.69, 9.17) is 15.0 Å². The second kappa shape index (κ2) is 9.37. The van der Waals surface area contributed by atoms with Crippen LogP contribution in [0.2, 0.25) is 0 Å². The zero-order chi connectivity index (χ0) is 20.0. The Morgan fingerprint density at radius 2 is 2.04 bits per heavy atom. The molecule has 0 aliphatic carbocycles. The van der Waals surface area contributed by atoms with Crippen LogP contribution in [0.25, 0.3) is 10.4 Å². The first-order chi connectivity index (χ1) is 12.8. The second-order valence-corrected chi connectivity index (χ2v) is 9.11. The van der Waals surface area contributed by atoms with Crippen molar-refractivity contribution in [3.8, 4) is 0 Å². The fourth-order valence-electron chi connectivity index (χ4n) is 3.44. The van der Waals surface area contributed by atoms with E-state index in [9.17, 15) is 8.42 Å². The Hall–Kier alpha value is -1.86. The molecule has 27 heavy (non-hydrogen) atoms. The van der Waals surface area contributed by atoms with E-state index in [0.29, 0.717) is 18.6 Å². The summed E-state index contributed by atoms with van der Waals surface area (Å²) in [6, 6.07) is 8.63. The molecule has 1 unspecified atom stereocenters. The minimum Gasteiger partial charge on any atom is -0.373 e. The largest absolute Gasteiger partial charge is 0.373 e. The predicted molar refractivity (Wildman–Crippen MR) is 105 cm³/mol. The lowest BCUT2D eigenvalue weighted by Gasteiger charge is -2.43. The zero-order valence-electron chi connectivity index (χ0n) is 16.0. The average Bonchev–Trinajstić information content (AvgIpc) is 2.61. The van der Waals surface area contributed by atoms with E-state index in [-0.39, 0.29) is 17.8 Å². The third-order valence-electron chi connectivity index (χ3n) is 4.70. The first kappa shape index (κ1) is 21.4. The van der Waals surface area contributed by atoms with Gasteiger partial charge in [-0.3, -0.25) is 0 Å². The van der Waals surface area contributed by atoms with Crippen molar-refractivity contribution in [1.29, 1.82) is 0 Å². The van der Waals surface area contributed by atoms with Gasteiger partial charge in [0.1, 0.15) is 6.04 Å². The van der Waals surface area contributed by atoms with Crippen LogP contribution in [0, 0.1) is 5.92 Å². The molecule has 1 aromatic rings. The number of hydrogen-bond donors (Lipinski definition) is 0. The van der Waals surface area contributed by atoms with Crippen molar-refractivity contribution in [2.75, 3.05) is 5.75 Å². The van der Waals surface area contributed by atoms with Gasteiger partial charge in [-0.2, -0.15) is 0 Å². The van der Waals surface area contributed by atoms with Gasteiger partial charge in [0, 0.05) is 10.8 Å². The summed E-state index contributed by atoms with van der Waals surface area (Å²) in [5, 5.41) is 3.77. The molecule has 1 heterocycles. The number of hydrogen-bond acceptors (Lipinski definition) is 5. The predicted octanol–water partition coefficient (Wildman–Crippen LogP) is 4.01. The monoisotopic (exact) mass is 393 g/mol. The summed E-state index contributed by atoms with van der Waals surface area (Å²) >= 11 is 0. The van der Waals surface area contributed by atoms with Crippen LogP contribution < -0.4 is 0 Å². The van der Waals surface area contributed by atoms with Gasteiger partial charge < -0.3 is 9.47 Å². The molecule has 1 aliphatic rings. The standard InChI is InChI=1S/C19H27N3O4S/c1-5-16-14(4)18(25-11-15-9-7-6-8-10-15)17(21-22-20)19(26-16)27(23,24)12-13(2)3/h6-10,14,16-19H,2,5,11-12H2,1,3-4H3/t14-,16-,17-,18+,19?/m1/s1. The van der Waals surface area contributed by atoms with E-state index in [1.54, 1.807) is 6.92 Å². The maximum Gasteiger partial charge on any atom is 0.181 e. The highest BCUT2D eigenvalue weighted by Crippen LogP contribution is 2.35. The molecule has 5 atom stereocenters. The first-order valence-electron chi connectivity index (χ1n) is 9.01. The van der Waals surface area contributed by atoms with Crippen LogP contribution in [-0.4, -0.2) is 37.9 Å². The average molecular weight is 394 g/mol. The van der Waals surface area contributed by atoms with E-state index < -0.39 is 27.4 Å². The number of nitrogens with zero attached hydrogens (tertiary/aromatic N) is 3. The fourth-order valence-corrected chi connectivity index (χ4v) is 5.24. The van der Waals surface area contributed by atoms with Crippen molar-refractivity contribution >= 4 is 9.84 Å². The van der Waals surface area contributed by atoms with Gasteiger partial charge in [-0.1, -0.05) is 61.4 Å². The van der Waals surface area contributed by atoms with Crippen molar-refractivity contribution < 1.29 is 17.9 Å². The van der Waals surface area contributed by atoms with Gasteiger partial charge in [0.15, 0.2) is 15.3 Å². The summed E-state index contributed by atoms with van der Waals surface area (Å²) in [7, 11) is -3.70. The molecule has 1 saturated heterocycles. The quantitative estimate of drug-likeness (QED) is 0.288. The molecule has 0 aromatic heterocycles. The molecule has 0 saturated carbocycles.